The number of carboxylic acids is 1. The molecular formula is C21H23F2N5O3. The van der Waals surface area contributed by atoms with E-state index in [0.717, 1.165) is 18.9 Å². The lowest BCUT2D eigenvalue weighted by molar-refractivity contribution is -0.152. The van der Waals surface area contributed by atoms with Crippen LogP contribution in [0.3, 0.4) is 0 Å². The van der Waals surface area contributed by atoms with E-state index in [2.05, 4.69) is 4.98 Å². The van der Waals surface area contributed by atoms with Crippen molar-refractivity contribution < 1.29 is 18.7 Å². The average molecular weight is 431 g/mol. The van der Waals surface area contributed by atoms with E-state index < -0.39 is 29.2 Å². The van der Waals surface area contributed by atoms with Gasteiger partial charge in [0.25, 0.3) is 0 Å². The Balaban J connectivity index is 1.65. The second-order valence-corrected chi connectivity index (χ2v) is 8.83. The number of halogens is 2. The second kappa shape index (κ2) is 6.65. The summed E-state index contributed by atoms with van der Waals surface area (Å²) in [6, 6.07) is 1.18. The van der Waals surface area contributed by atoms with Crippen LogP contribution in [0.1, 0.15) is 40.5 Å². The number of alkyl halides is 1. The molecule has 10 heteroatoms. The first-order valence-corrected chi connectivity index (χ1v) is 10.2. The van der Waals surface area contributed by atoms with Crippen LogP contribution in [0.15, 0.2) is 22.9 Å². The van der Waals surface area contributed by atoms with Gasteiger partial charge in [-0.3, -0.25) is 9.69 Å². The standard InChI is InChI=1S/C21H23F2N5O3/c1-26(2)19-14(24)9-28(19)21(23)7-15-10(6-16(21)22)5-12-17(29)13(20(30)31)8-27(11-3-4-11)18(12)25-15/h5-6,8,11,14,19H,3-4,7,9,24H2,1-2H3,(H,30,31). The van der Waals surface area contributed by atoms with Crippen LogP contribution < -0.4 is 11.2 Å². The molecule has 2 aromatic heterocycles. The molecular weight excluding hydrogens is 408 g/mol. The van der Waals surface area contributed by atoms with Gasteiger partial charge in [0.15, 0.2) is 5.83 Å². The van der Waals surface area contributed by atoms with Crippen molar-refractivity contribution in [1.82, 2.24) is 19.4 Å². The van der Waals surface area contributed by atoms with Gasteiger partial charge in [-0.05, 0) is 44.6 Å². The molecule has 1 aliphatic heterocycles. The molecule has 5 rings (SSSR count). The number of carboxylic acid groups (broad SMARTS) is 1. The number of nitrogens with two attached hydrogens (primary N) is 1. The van der Waals surface area contributed by atoms with Crippen LogP contribution in [-0.4, -0.2) is 69.1 Å². The van der Waals surface area contributed by atoms with Gasteiger partial charge < -0.3 is 15.4 Å². The summed E-state index contributed by atoms with van der Waals surface area (Å²) >= 11 is 0. The molecule has 0 radical (unpaired) electrons. The van der Waals surface area contributed by atoms with Crippen LogP contribution in [0, 0.1) is 0 Å². The molecule has 3 N–H and O–H groups in total. The van der Waals surface area contributed by atoms with Gasteiger partial charge in [-0.2, -0.15) is 0 Å². The Bertz CT molecular complexity index is 1200. The molecule has 1 saturated heterocycles. The van der Waals surface area contributed by atoms with Gasteiger partial charge in [-0.25, -0.2) is 23.5 Å². The van der Waals surface area contributed by atoms with Crippen molar-refractivity contribution in [3.8, 4) is 0 Å². The minimum Gasteiger partial charge on any atom is -0.477 e. The molecule has 3 aliphatic rings. The number of hydrogen-bond acceptors (Lipinski definition) is 6. The van der Waals surface area contributed by atoms with E-state index in [1.807, 2.05) is 0 Å². The molecule has 3 heterocycles. The molecule has 2 aromatic rings. The first-order valence-electron chi connectivity index (χ1n) is 10.2. The summed E-state index contributed by atoms with van der Waals surface area (Å²) in [5.41, 5.74) is 5.89. The van der Waals surface area contributed by atoms with Gasteiger partial charge in [0.1, 0.15) is 11.2 Å². The highest BCUT2D eigenvalue weighted by Gasteiger charge is 2.55. The van der Waals surface area contributed by atoms with Crippen molar-refractivity contribution in [2.45, 2.75) is 43.3 Å². The maximum Gasteiger partial charge on any atom is 0.341 e. The van der Waals surface area contributed by atoms with Gasteiger partial charge in [0.05, 0.1) is 17.2 Å². The van der Waals surface area contributed by atoms with Gasteiger partial charge in [0, 0.05) is 31.2 Å². The smallest absolute Gasteiger partial charge is 0.341 e. The molecule has 1 saturated carbocycles. The largest absolute Gasteiger partial charge is 0.477 e. The number of carbonyl (C=O) groups is 1. The zero-order valence-electron chi connectivity index (χ0n) is 17.2. The van der Waals surface area contributed by atoms with Gasteiger partial charge >= 0.3 is 5.97 Å². The van der Waals surface area contributed by atoms with E-state index in [0.29, 0.717) is 11.3 Å². The maximum atomic E-state index is 16.0. The average Bonchev–Trinajstić information content (AvgIpc) is 3.50. The van der Waals surface area contributed by atoms with Crippen molar-refractivity contribution >= 4 is 23.1 Å². The number of aromatic carboxylic acids is 1. The number of rotatable bonds is 4. The highest BCUT2D eigenvalue weighted by molar-refractivity contribution is 5.92. The minimum atomic E-state index is -2.38. The SMILES string of the molecule is CN(C)C1C(N)CN1C1(F)Cc2nc3c(cc2C=C1F)c(=O)c(C(=O)O)cn3C1CC1. The summed E-state index contributed by atoms with van der Waals surface area (Å²) in [6.07, 6.45) is 3.27. The summed E-state index contributed by atoms with van der Waals surface area (Å²) in [7, 11) is 3.52. The molecule has 3 atom stereocenters. The predicted octanol–water partition coefficient (Wildman–Crippen LogP) is 1.49. The summed E-state index contributed by atoms with van der Waals surface area (Å²) < 4.78 is 32.7. The van der Waals surface area contributed by atoms with Crippen molar-refractivity contribution in [3.63, 3.8) is 0 Å². The number of nitrogens with zero attached hydrogens (tertiary/aromatic N) is 4. The quantitative estimate of drug-likeness (QED) is 0.707. The van der Waals surface area contributed by atoms with E-state index in [9.17, 15) is 14.7 Å². The number of fused-ring (bicyclic) bond motifs is 2. The first-order chi connectivity index (χ1) is 14.6. The Hall–Kier alpha value is -2.69. The zero-order chi connectivity index (χ0) is 22.2. The number of likely N-dealkylation sites (tertiary alicyclic amines) is 1. The van der Waals surface area contributed by atoms with E-state index in [-0.39, 0.29) is 41.6 Å². The summed E-state index contributed by atoms with van der Waals surface area (Å²) in [4.78, 5) is 32.0. The third kappa shape index (κ3) is 2.93. The minimum absolute atomic E-state index is 0.0456. The molecule has 0 amide bonds. The second-order valence-electron chi connectivity index (χ2n) is 8.83. The molecule has 0 aromatic carbocycles. The van der Waals surface area contributed by atoms with Crippen molar-refractivity contribution in [2.75, 3.05) is 20.6 Å². The molecule has 8 nitrogen and oxygen atoms in total. The highest BCUT2D eigenvalue weighted by atomic mass is 19.2. The number of pyridine rings is 2. The van der Waals surface area contributed by atoms with E-state index in [1.54, 1.807) is 23.6 Å². The zero-order valence-corrected chi connectivity index (χ0v) is 17.2. The van der Waals surface area contributed by atoms with Crippen LogP contribution in [0.2, 0.25) is 0 Å². The Labute approximate surface area is 176 Å². The first kappa shape index (κ1) is 20.2. The lowest BCUT2D eigenvalue weighted by atomic mass is 9.89. The predicted molar refractivity (Wildman–Crippen MR) is 110 cm³/mol. The van der Waals surface area contributed by atoms with E-state index >= 15 is 8.78 Å². The number of likely N-dealkylation sites (N-methyl/N-ethyl adjacent to an activating group) is 1. The topological polar surface area (TPSA) is 105 Å². The molecule has 2 fully saturated rings. The van der Waals surface area contributed by atoms with Gasteiger partial charge in [0.2, 0.25) is 11.2 Å². The van der Waals surface area contributed by atoms with Crippen LogP contribution in [0.5, 0.6) is 0 Å². The van der Waals surface area contributed by atoms with E-state index in [4.69, 9.17) is 5.73 Å². The fourth-order valence-corrected chi connectivity index (χ4v) is 4.70. The molecule has 0 spiro atoms. The normalized spacial score (nSPS) is 28.4. The lowest BCUT2D eigenvalue weighted by Crippen LogP contribution is -2.75. The monoisotopic (exact) mass is 431 g/mol. The number of aromatic nitrogens is 2. The molecule has 3 unspecified atom stereocenters. The van der Waals surface area contributed by atoms with Crippen molar-refractivity contribution in [1.29, 1.82) is 0 Å². The maximum absolute atomic E-state index is 16.0. The molecule has 0 bridgehead atoms. The Morgan fingerprint density at radius 3 is 2.68 bits per heavy atom. The van der Waals surface area contributed by atoms with Crippen LogP contribution in [0.25, 0.3) is 17.1 Å². The third-order valence-electron chi connectivity index (χ3n) is 6.43. The van der Waals surface area contributed by atoms with Crippen LogP contribution in [0.4, 0.5) is 8.78 Å². The summed E-state index contributed by atoms with van der Waals surface area (Å²) in [5.74, 6) is -4.69. The molecule has 2 aliphatic carbocycles. The molecule has 164 valence electrons. The summed E-state index contributed by atoms with van der Waals surface area (Å²) in [5, 5.41) is 9.51. The fraction of sp³-hybridized carbons (Fsp3) is 0.476. The Morgan fingerprint density at radius 2 is 2.10 bits per heavy atom. The van der Waals surface area contributed by atoms with Gasteiger partial charge in [-0.1, -0.05) is 0 Å². The van der Waals surface area contributed by atoms with Crippen molar-refractivity contribution in [3.05, 3.63) is 45.1 Å². The third-order valence-corrected chi connectivity index (χ3v) is 6.43. The summed E-state index contributed by atoms with van der Waals surface area (Å²) in [6.45, 7) is 0.207. The van der Waals surface area contributed by atoms with Gasteiger partial charge in [-0.15, -0.1) is 0 Å². The fourth-order valence-electron chi connectivity index (χ4n) is 4.70. The highest BCUT2D eigenvalue weighted by Crippen LogP contribution is 2.43. The van der Waals surface area contributed by atoms with Crippen LogP contribution in [-0.2, 0) is 6.42 Å². The Morgan fingerprint density at radius 1 is 1.39 bits per heavy atom. The Kier molecular flexibility index (Phi) is 4.34. The van der Waals surface area contributed by atoms with Crippen molar-refractivity contribution in [2.24, 2.45) is 5.73 Å². The lowest BCUT2D eigenvalue weighted by Gasteiger charge is -2.55. The van der Waals surface area contributed by atoms with Crippen LogP contribution >= 0.6 is 0 Å². The molecule has 31 heavy (non-hydrogen) atoms. The van der Waals surface area contributed by atoms with E-state index in [1.165, 1.54) is 17.2 Å². The number of hydrogen-bond donors (Lipinski definition) is 2.